The highest BCUT2D eigenvalue weighted by Crippen LogP contribution is 2.37. The maximum atomic E-state index is 12.4. The molecule has 0 bridgehead atoms. The van der Waals surface area contributed by atoms with Gasteiger partial charge in [0.25, 0.3) is 0 Å². The number of ketones is 1. The molecule has 4 nitrogen and oxygen atoms in total. The molecule has 0 amide bonds. The molecule has 0 radical (unpaired) electrons. The third-order valence-corrected chi connectivity index (χ3v) is 4.37. The van der Waals surface area contributed by atoms with Crippen molar-refractivity contribution in [3.8, 4) is 0 Å². The first-order valence-corrected chi connectivity index (χ1v) is 7.59. The molecule has 2 heterocycles. The van der Waals surface area contributed by atoms with Crippen LogP contribution in [0.2, 0.25) is 0 Å². The highest BCUT2D eigenvalue weighted by Gasteiger charge is 2.34. The van der Waals surface area contributed by atoms with Gasteiger partial charge in [-0.3, -0.25) is 9.48 Å². The van der Waals surface area contributed by atoms with E-state index >= 15 is 0 Å². The lowest BCUT2D eigenvalue weighted by molar-refractivity contribution is 0.0909. The smallest absolute Gasteiger partial charge is 0.165 e. The molecule has 112 valence electrons. The van der Waals surface area contributed by atoms with Gasteiger partial charge >= 0.3 is 0 Å². The van der Waals surface area contributed by atoms with Crippen molar-refractivity contribution in [3.05, 3.63) is 41.5 Å². The molecule has 0 saturated heterocycles. The zero-order valence-electron chi connectivity index (χ0n) is 13.3. The first-order chi connectivity index (χ1) is 9.87. The summed E-state index contributed by atoms with van der Waals surface area (Å²) in [6.07, 6.45) is 5.40. The third kappa shape index (κ3) is 2.55. The van der Waals surface area contributed by atoms with Gasteiger partial charge < -0.3 is 4.57 Å². The predicted octanol–water partition coefficient (Wildman–Crippen LogP) is 3.41. The topological polar surface area (TPSA) is 39.8 Å². The van der Waals surface area contributed by atoms with Crippen LogP contribution in [0.5, 0.6) is 0 Å². The Balaban J connectivity index is 1.98. The van der Waals surface area contributed by atoms with Crippen molar-refractivity contribution in [2.45, 2.75) is 53.1 Å². The number of hydrogen-bond donors (Lipinski definition) is 0. The first kappa shape index (κ1) is 14.1. The number of Topliss-reactive ketones (excluding diaryl/α,β-unsaturated/α-hetero) is 1. The Morgan fingerprint density at radius 3 is 2.81 bits per heavy atom. The molecule has 0 aromatic carbocycles. The van der Waals surface area contributed by atoms with Crippen LogP contribution in [-0.4, -0.2) is 20.1 Å². The molecule has 21 heavy (non-hydrogen) atoms. The van der Waals surface area contributed by atoms with E-state index in [4.69, 9.17) is 0 Å². The molecule has 0 fully saturated rings. The third-order valence-electron chi connectivity index (χ3n) is 4.37. The van der Waals surface area contributed by atoms with Gasteiger partial charge in [0.2, 0.25) is 0 Å². The fourth-order valence-electron chi connectivity index (χ4n) is 3.55. The molecule has 1 aliphatic rings. The highest BCUT2D eigenvalue weighted by atomic mass is 16.1. The Kier molecular flexibility index (Phi) is 3.27. The van der Waals surface area contributed by atoms with Crippen LogP contribution in [0.3, 0.4) is 0 Å². The average molecular weight is 285 g/mol. The molecule has 2 aromatic rings. The van der Waals surface area contributed by atoms with E-state index < -0.39 is 0 Å². The summed E-state index contributed by atoms with van der Waals surface area (Å²) in [5, 5.41) is 4.29. The first-order valence-electron chi connectivity index (χ1n) is 7.59. The summed E-state index contributed by atoms with van der Waals surface area (Å²) >= 11 is 0. The summed E-state index contributed by atoms with van der Waals surface area (Å²) in [4.78, 5) is 12.4. The fraction of sp³-hybridized carbons (Fsp3) is 0.529. The van der Waals surface area contributed by atoms with E-state index in [1.165, 1.54) is 11.4 Å². The van der Waals surface area contributed by atoms with Gasteiger partial charge in [-0.25, -0.2) is 0 Å². The standard InChI is InChI=1S/C17H23N3O/c1-12-8-14-15(9-17(3,4)10-16(14)21)20(12)13(2)11-19-7-5-6-18-19/h5-8,13H,9-11H2,1-4H3. The molecule has 0 aliphatic heterocycles. The van der Waals surface area contributed by atoms with E-state index in [9.17, 15) is 4.79 Å². The van der Waals surface area contributed by atoms with Gasteiger partial charge in [0.1, 0.15) is 0 Å². The molecule has 1 atom stereocenters. The minimum Gasteiger partial charge on any atom is -0.344 e. The maximum Gasteiger partial charge on any atom is 0.165 e. The van der Waals surface area contributed by atoms with Gasteiger partial charge in [-0.05, 0) is 37.8 Å². The number of aromatic nitrogens is 3. The van der Waals surface area contributed by atoms with Gasteiger partial charge in [0.05, 0.1) is 12.6 Å². The second-order valence-electron chi connectivity index (χ2n) is 7.03. The van der Waals surface area contributed by atoms with Crippen LogP contribution in [0.4, 0.5) is 0 Å². The Morgan fingerprint density at radius 1 is 1.38 bits per heavy atom. The Morgan fingerprint density at radius 2 is 2.14 bits per heavy atom. The van der Waals surface area contributed by atoms with Crippen molar-refractivity contribution in [1.82, 2.24) is 14.3 Å². The van der Waals surface area contributed by atoms with E-state index in [0.29, 0.717) is 6.42 Å². The minimum atomic E-state index is 0.0536. The lowest BCUT2D eigenvalue weighted by atomic mass is 9.76. The summed E-state index contributed by atoms with van der Waals surface area (Å²) in [5.41, 5.74) is 3.36. The molecule has 0 saturated carbocycles. The second kappa shape index (κ2) is 4.86. The van der Waals surface area contributed by atoms with E-state index in [1.54, 1.807) is 6.20 Å². The van der Waals surface area contributed by atoms with Crippen LogP contribution in [0.1, 0.15) is 55.0 Å². The lowest BCUT2D eigenvalue weighted by Gasteiger charge is -2.31. The summed E-state index contributed by atoms with van der Waals surface area (Å²) in [6.45, 7) is 9.47. The fourth-order valence-corrected chi connectivity index (χ4v) is 3.55. The molecule has 2 aromatic heterocycles. The van der Waals surface area contributed by atoms with Crippen molar-refractivity contribution < 1.29 is 4.79 Å². The van der Waals surface area contributed by atoms with Crippen LogP contribution in [0.25, 0.3) is 0 Å². The van der Waals surface area contributed by atoms with E-state index in [0.717, 1.165) is 18.5 Å². The van der Waals surface area contributed by atoms with Gasteiger partial charge in [-0.1, -0.05) is 13.8 Å². The summed E-state index contributed by atoms with van der Waals surface area (Å²) in [7, 11) is 0. The van der Waals surface area contributed by atoms with Crippen molar-refractivity contribution >= 4 is 5.78 Å². The molecule has 1 aliphatic carbocycles. The van der Waals surface area contributed by atoms with Crippen molar-refractivity contribution in [3.63, 3.8) is 0 Å². The predicted molar refractivity (Wildman–Crippen MR) is 82.5 cm³/mol. The minimum absolute atomic E-state index is 0.0536. The Labute approximate surface area is 125 Å². The number of rotatable bonds is 3. The van der Waals surface area contributed by atoms with Crippen LogP contribution in [0, 0.1) is 12.3 Å². The summed E-state index contributed by atoms with van der Waals surface area (Å²) < 4.78 is 4.28. The molecule has 0 spiro atoms. The zero-order chi connectivity index (χ0) is 15.2. The van der Waals surface area contributed by atoms with Gasteiger partial charge in [-0.15, -0.1) is 0 Å². The maximum absolute atomic E-state index is 12.4. The van der Waals surface area contributed by atoms with E-state index in [-0.39, 0.29) is 17.2 Å². The quantitative estimate of drug-likeness (QED) is 0.867. The monoisotopic (exact) mass is 285 g/mol. The number of aryl methyl sites for hydroxylation is 1. The van der Waals surface area contributed by atoms with Gasteiger partial charge in [0.15, 0.2) is 5.78 Å². The van der Waals surface area contributed by atoms with Crippen LogP contribution in [-0.2, 0) is 13.0 Å². The Hall–Kier alpha value is -1.84. The number of hydrogen-bond acceptors (Lipinski definition) is 2. The van der Waals surface area contributed by atoms with Crippen LogP contribution in [0.15, 0.2) is 24.5 Å². The van der Waals surface area contributed by atoms with Crippen LogP contribution >= 0.6 is 0 Å². The SMILES string of the molecule is Cc1cc2c(n1C(C)Cn1cccn1)CC(C)(C)CC2=O. The van der Waals surface area contributed by atoms with E-state index in [1.807, 2.05) is 16.9 Å². The van der Waals surface area contributed by atoms with Crippen molar-refractivity contribution in [2.75, 3.05) is 0 Å². The van der Waals surface area contributed by atoms with Crippen molar-refractivity contribution in [1.29, 1.82) is 0 Å². The summed E-state index contributed by atoms with van der Waals surface area (Å²) in [5.74, 6) is 0.286. The number of carbonyl (C=O) groups excluding carboxylic acids is 1. The van der Waals surface area contributed by atoms with Gasteiger partial charge in [-0.2, -0.15) is 5.10 Å². The largest absolute Gasteiger partial charge is 0.344 e. The normalized spacial score (nSPS) is 18.6. The average Bonchev–Trinajstić information content (AvgIpc) is 2.95. The molecular weight excluding hydrogens is 262 g/mol. The highest BCUT2D eigenvalue weighted by molar-refractivity contribution is 5.99. The number of nitrogens with zero attached hydrogens (tertiary/aromatic N) is 3. The summed E-state index contributed by atoms with van der Waals surface area (Å²) in [6, 6.07) is 4.29. The lowest BCUT2D eigenvalue weighted by Crippen LogP contribution is -2.29. The Bertz CT molecular complexity index is 665. The zero-order valence-corrected chi connectivity index (χ0v) is 13.3. The molecule has 1 unspecified atom stereocenters. The molecular formula is C17H23N3O. The van der Waals surface area contributed by atoms with Crippen LogP contribution < -0.4 is 0 Å². The molecule has 4 heteroatoms. The molecule has 3 rings (SSSR count). The van der Waals surface area contributed by atoms with E-state index in [2.05, 4.69) is 43.4 Å². The number of carbonyl (C=O) groups is 1. The number of fused-ring (bicyclic) bond motifs is 1. The van der Waals surface area contributed by atoms with Crippen molar-refractivity contribution in [2.24, 2.45) is 5.41 Å². The molecule has 0 N–H and O–H groups in total. The van der Waals surface area contributed by atoms with Gasteiger partial charge in [0, 0.05) is 35.8 Å². The second-order valence-corrected chi connectivity index (χ2v) is 7.03.